The second kappa shape index (κ2) is 7.63. The van der Waals surface area contributed by atoms with E-state index in [2.05, 4.69) is 31.0 Å². The van der Waals surface area contributed by atoms with E-state index in [0.29, 0.717) is 29.0 Å². The van der Waals surface area contributed by atoms with Crippen LogP contribution >= 0.6 is 15.9 Å². The van der Waals surface area contributed by atoms with E-state index in [4.69, 9.17) is 10.5 Å². The number of aromatic nitrogens is 4. The van der Waals surface area contributed by atoms with Crippen LogP contribution in [0.3, 0.4) is 0 Å². The summed E-state index contributed by atoms with van der Waals surface area (Å²) in [6.07, 6.45) is 1.26. The number of amides is 1. The molecule has 146 valence electrons. The average molecular weight is 447 g/mol. The molecule has 4 rings (SSSR count). The number of ether oxygens (including phenoxy) is 1. The molecule has 0 spiro atoms. The van der Waals surface area contributed by atoms with Gasteiger partial charge in [0.25, 0.3) is 5.56 Å². The molecule has 2 aromatic heterocycles. The number of hydrogen-bond donors (Lipinski definition) is 2. The van der Waals surface area contributed by atoms with Gasteiger partial charge in [-0.25, -0.2) is 14.3 Å². The van der Waals surface area contributed by atoms with Gasteiger partial charge in [-0.15, -0.1) is 5.10 Å². The summed E-state index contributed by atoms with van der Waals surface area (Å²) >= 11 is 3.32. The number of halogens is 1. The highest BCUT2D eigenvalue weighted by Crippen LogP contribution is 2.29. The molecule has 1 aliphatic rings. The second-order valence-corrected chi connectivity index (χ2v) is 7.44. The van der Waals surface area contributed by atoms with Crippen molar-refractivity contribution in [2.24, 2.45) is 0 Å². The Morgan fingerprint density at radius 2 is 2.14 bits per heavy atom. The molecule has 0 bridgehead atoms. The van der Waals surface area contributed by atoms with Crippen molar-refractivity contribution in [3.63, 3.8) is 0 Å². The van der Waals surface area contributed by atoms with Crippen molar-refractivity contribution in [2.75, 3.05) is 18.8 Å². The number of nitrogens with zero attached hydrogens (tertiary/aromatic N) is 4. The zero-order valence-corrected chi connectivity index (χ0v) is 16.6. The van der Waals surface area contributed by atoms with E-state index >= 15 is 0 Å². The number of carbonyl (C=O) groups is 1. The average Bonchev–Trinajstić information content (AvgIpc) is 3.03. The smallest absolute Gasteiger partial charge is 0.410 e. The Kier molecular flexibility index (Phi) is 5.03. The van der Waals surface area contributed by atoms with Crippen molar-refractivity contribution in [1.29, 1.82) is 0 Å². The molecule has 28 heavy (non-hydrogen) atoms. The lowest BCUT2D eigenvalue weighted by molar-refractivity contribution is 0.0852. The maximum atomic E-state index is 12.5. The lowest BCUT2D eigenvalue weighted by Gasteiger charge is -2.31. The number of fused-ring (bicyclic) bond motifs is 1. The normalized spacial score (nSPS) is 17.0. The largest absolute Gasteiger partial charge is 0.445 e. The molecular weight excluding hydrogens is 428 g/mol. The van der Waals surface area contributed by atoms with Gasteiger partial charge in [0.15, 0.2) is 5.52 Å². The first-order chi connectivity index (χ1) is 13.5. The van der Waals surface area contributed by atoms with Crippen LogP contribution in [0.4, 0.5) is 10.7 Å². The fourth-order valence-corrected chi connectivity index (χ4v) is 3.96. The fraction of sp³-hybridized carbons (Fsp3) is 0.333. The third-order valence-electron chi connectivity index (χ3n) is 4.75. The molecule has 10 heteroatoms. The third-order valence-corrected chi connectivity index (χ3v) is 5.30. The summed E-state index contributed by atoms with van der Waals surface area (Å²) < 4.78 is 7.31. The van der Waals surface area contributed by atoms with Gasteiger partial charge in [-0.05, 0) is 34.3 Å². The Hall–Kier alpha value is -2.88. The molecular formula is C18H19BrN6O3. The van der Waals surface area contributed by atoms with Gasteiger partial charge in [0.2, 0.25) is 5.95 Å². The molecule has 1 saturated heterocycles. The van der Waals surface area contributed by atoms with E-state index in [1.165, 1.54) is 4.52 Å². The lowest BCUT2D eigenvalue weighted by Crippen LogP contribution is -2.40. The molecule has 1 aliphatic heterocycles. The Labute approximate surface area is 168 Å². The predicted molar refractivity (Wildman–Crippen MR) is 106 cm³/mol. The minimum atomic E-state index is -0.368. The highest BCUT2D eigenvalue weighted by Gasteiger charge is 2.30. The highest BCUT2D eigenvalue weighted by molar-refractivity contribution is 9.10. The van der Waals surface area contributed by atoms with E-state index < -0.39 is 0 Å². The summed E-state index contributed by atoms with van der Waals surface area (Å²) in [7, 11) is 0. The Bertz CT molecular complexity index is 1060. The van der Waals surface area contributed by atoms with E-state index in [-0.39, 0.29) is 30.1 Å². The zero-order chi connectivity index (χ0) is 19.7. The molecule has 3 heterocycles. The van der Waals surface area contributed by atoms with E-state index in [0.717, 1.165) is 18.4 Å². The molecule has 9 nitrogen and oxygen atoms in total. The van der Waals surface area contributed by atoms with Crippen molar-refractivity contribution in [3.05, 3.63) is 56.7 Å². The van der Waals surface area contributed by atoms with Gasteiger partial charge in [-0.3, -0.25) is 9.78 Å². The number of likely N-dealkylation sites (tertiary alicyclic amines) is 1. The topological polar surface area (TPSA) is 119 Å². The summed E-state index contributed by atoms with van der Waals surface area (Å²) in [5.41, 5.74) is 6.56. The highest BCUT2D eigenvalue weighted by atomic mass is 79.9. The first kappa shape index (κ1) is 18.5. The lowest BCUT2D eigenvalue weighted by atomic mass is 9.98. The van der Waals surface area contributed by atoms with Crippen molar-refractivity contribution in [1.82, 2.24) is 24.5 Å². The van der Waals surface area contributed by atoms with Gasteiger partial charge in [0.05, 0.1) is 0 Å². The van der Waals surface area contributed by atoms with Gasteiger partial charge in [0, 0.05) is 19.0 Å². The molecule has 0 radical (unpaired) electrons. The zero-order valence-electron chi connectivity index (χ0n) is 15.0. The van der Waals surface area contributed by atoms with Crippen LogP contribution in [0.5, 0.6) is 0 Å². The number of H-pyrrole nitrogens is 1. The van der Waals surface area contributed by atoms with Gasteiger partial charge in [-0.2, -0.15) is 0 Å². The number of imidazole rings is 1. The summed E-state index contributed by atoms with van der Waals surface area (Å²) in [6.45, 7) is 1.28. The summed E-state index contributed by atoms with van der Waals surface area (Å²) in [4.78, 5) is 33.3. The second-order valence-electron chi connectivity index (χ2n) is 6.69. The van der Waals surface area contributed by atoms with Crippen LogP contribution in [-0.4, -0.2) is 43.7 Å². The number of benzene rings is 1. The number of aromatic amines is 1. The van der Waals surface area contributed by atoms with Crippen molar-refractivity contribution >= 4 is 33.5 Å². The molecule has 0 saturated carbocycles. The first-order valence-electron chi connectivity index (χ1n) is 8.92. The van der Waals surface area contributed by atoms with Crippen LogP contribution in [-0.2, 0) is 11.3 Å². The minimum absolute atomic E-state index is 0.0126. The number of carbonyl (C=O) groups excluding carboxylic acids is 1. The minimum Gasteiger partial charge on any atom is -0.445 e. The molecule has 1 amide bonds. The van der Waals surface area contributed by atoms with Gasteiger partial charge >= 0.3 is 6.09 Å². The maximum Gasteiger partial charge on any atom is 0.410 e. The van der Waals surface area contributed by atoms with Crippen LogP contribution in [0.25, 0.3) is 5.52 Å². The number of anilines is 1. The predicted octanol–water partition coefficient (Wildman–Crippen LogP) is 2.28. The Balaban J connectivity index is 1.52. The maximum absolute atomic E-state index is 12.5. The molecule has 1 fully saturated rings. The van der Waals surface area contributed by atoms with E-state index in [9.17, 15) is 9.59 Å². The van der Waals surface area contributed by atoms with Crippen molar-refractivity contribution < 1.29 is 9.53 Å². The summed E-state index contributed by atoms with van der Waals surface area (Å²) in [6, 6.07) is 9.55. The Morgan fingerprint density at radius 1 is 1.36 bits per heavy atom. The SMILES string of the molecule is Nc1nn2c([C@@H]3CCCN(C(=O)OCc4ccccc4)C3)nc(Br)c2c(=O)[nH]1. The van der Waals surface area contributed by atoms with Crippen LogP contribution in [0.2, 0.25) is 0 Å². The number of hydrogen-bond acceptors (Lipinski definition) is 6. The molecule has 3 N–H and O–H groups in total. The monoisotopic (exact) mass is 446 g/mol. The molecule has 1 atom stereocenters. The van der Waals surface area contributed by atoms with Crippen LogP contribution in [0, 0.1) is 0 Å². The van der Waals surface area contributed by atoms with Gasteiger partial charge in [-0.1, -0.05) is 30.3 Å². The standard InChI is InChI=1S/C18H19BrN6O3/c19-14-13-16(26)22-17(20)23-25(13)15(21-14)12-7-4-8-24(9-12)18(27)28-10-11-5-2-1-3-6-11/h1-3,5-6,12H,4,7-10H2,(H3,20,22,23,26)/t12-/m1/s1. The number of rotatable bonds is 3. The van der Waals surface area contributed by atoms with Crippen molar-refractivity contribution in [3.8, 4) is 0 Å². The summed E-state index contributed by atoms with van der Waals surface area (Å²) in [5, 5.41) is 4.19. The number of nitrogen functional groups attached to an aromatic ring is 1. The fourth-order valence-electron chi connectivity index (χ4n) is 3.43. The number of piperidine rings is 1. The number of nitrogens with two attached hydrogens (primary N) is 1. The van der Waals surface area contributed by atoms with Gasteiger partial charge in [0.1, 0.15) is 17.0 Å². The van der Waals surface area contributed by atoms with Crippen molar-refractivity contribution in [2.45, 2.75) is 25.4 Å². The Morgan fingerprint density at radius 3 is 2.93 bits per heavy atom. The van der Waals surface area contributed by atoms with Gasteiger partial charge < -0.3 is 15.4 Å². The summed E-state index contributed by atoms with van der Waals surface area (Å²) in [5.74, 6) is 0.532. The van der Waals surface area contributed by atoms with E-state index in [1.54, 1.807) is 4.90 Å². The molecule has 3 aromatic rings. The van der Waals surface area contributed by atoms with Crippen LogP contribution in [0.15, 0.2) is 39.7 Å². The van der Waals surface area contributed by atoms with E-state index in [1.807, 2.05) is 30.3 Å². The molecule has 0 unspecified atom stereocenters. The quantitative estimate of drug-likeness (QED) is 0.636. The molecule has 1 aromatic carbocycles. The molecule has 0 aliphatic carbocycles. The number of nitrogens with one attached hydrogen (secondary N) is 1. The van der Waals surface area contributed by atoms with Crippen LogP contribution in [0.1, 0.15) is 30.1 Å². The van der Waals surface area contributed by atoms with Crippen LogP contribution < -0.4 is 11.3 Å². The first-order valence-corrected chi connectivity index (χ1v) is 9.72. The third kappa shape index (κ3) is 3.59.